The van der Waals surface area contributed by atoms with Crippen molar-refractivity contribution in [1.82, 2.24) is 10.6 Å². The fourth-order valence-corrected chi connectivity index (χ4v) is 2.18. The molecule has 1 aliphatic heterocycles. The maximum atomic E-state index is 12.9. The Morgan fingerprint density at radius 1 is 1.16 bits per heavy atom. The zero-order valence-electron chi connectivity index (χ0n) is 12.8. The number of alkyl halides is 5. The minimum Gasteiger partial charge on any atom is -0.455 e. The highest BCUT2D eigenvalue weighted by Gasteiger charge is 2.58. The van der Waals surface area contributed by atoms with Crippen LogP contribution in [0.5, 0.6) is 0 Å². The van der Waals surface area contributed by atoms with Gasteiger partial charge < -0.3 is 15.4 Å². The second-order valence-electron chi connectivity index (χ2n) is 5.26. The molecule has 2 rings (SSSR count). The minimum atomic E-state index is -5.84. The zero-order valence-corrected chi connectivity index (χ0v) is 12.8. The van der Waals surface area contributed by atoms with Crippen molar-refractivity contribution >= 4 is 12.0 Å². The first-order chi connectivity index (χ1) is 11.5. The number of carbonyl (C=O) groups excluding carboxylic acids is 2. The van der Waals surface area contributed by atoms with Gasteiger partial charge in [0.05, 0.1) is 11.6 Å². The number of rotatable bonds is 4. The lowest BCUT2D eigenvalue weighted by molar-refractivity contribution is -0.293. The average molecular weight is 364 g/mol. The summed E-state index contributed by atoms with van der Waals surface area (Å²) in [6, 6.07) is 6.32. The van der Waals surface area contributed by atoms with Crippen LogP contribution in [0.15, 0.2) is 41.6 Å². The number of carbonyl (C=O) groups is 2. The molecule has 0 radical (unpaired) electrons. The number of ether oxygens (including phenoxy) is 1. The molecule has 2 amide bonds. The smallest absolute Gasteiger partial charge is 0.455 e. The van der Waals surface area contributed by atoms with Crippen LogP contribution >= 0.6 is 0 Å². The number of hydrogen-bond acceptors (Lipinski definition) is 3. The fourth-order valence-electron chi connectivity index (χ4n) is 2.18. The van der Waals surface area contributed by atoms with Crippen molar-refractivity contribution in [3.8, 4) is 0 Å². The van der Waals surface area contributed by atoms with E-state index in [4.69, 9.17) is 0 Å². The van der Waals surface area contributed by atoms with E-state index in [0.29, 0.717) is 5.56 Å². The number of hydrogen-bond donors (Lipinski definition) is 2. The summed E-state index contributed by atoms with van der Waals surface area (Å²) in [6.45, 7) is -0.839. The van der Waals surface area contributed by atoms with Crippen molar-refractivity contribution < 1.29 is 36.3 Å². The normalized spacial score (nSPS) is 18.5. The van der Waals surface area contributed by atoms with E-state index in [1.165, 1.54) is 6.92 Å². The summed E-state index contributed by atoms with van der Waals surface area (Å²) in [5.74, 6) is -6.56. The molecule has 0 aromatic heterocycles. The van der Waals surface area contributed by atoms with Gasteiger partial charge in [0.15, 0.2) is 6.61 Å². The molecule has 0 unspecified atom stereocenters. The lowest BCUT2D eigenvalue weighted by Crippen LogP contribution is -2.46. The van der Waals surface area contributed by atoms with Crippen LogP contribution in [-0.2, 0) is 9.53 Å². The molecule has 0 bridgehead atoms. The molecule has 1 aromatic rings. The highest BCUT2D eigenvalue weighted by molar-refractivity contribution is 5.95. The Labute approximate surface area is 138 Å². The summed E-state index contributed by atoms with van der Waals surface area (Å²) in [5, 5.41) is 4.66. The third-order valence-corrected chi connectivity index (χ3v) is 3.42. The first kappa shape index (κ1) is 18.7. The first-order valence-corrected chi connectivity index (χ1v) is 6.98. The van der Waals surface area contributed by atoms with Gasteiger partial charge in [-0.2, -0.15) is 22.0 Å². The molecular formula is C15H13F5N2O3. The number of benzene rings is 1. The zero-order chi connectivity index (χ0) is 18.8. The molecule has 10 heteroatoms. The number of nitrogens with one attached hydrogen (secondary N) is 2. The molecule has 1 aromatic carbocycles. The summed E-state index contributed by atoms with van der Waals surface area (Å²) in [7, 11) is 0. The van der Waals surface area contributed by atoms with Crippen LogP contribution in [0.2, 0.25) is 0 Å². The Morgan fingerprint density at radius 3 is 2.32 bits per heavy atom. The predicted molar refractivity (Wildman–Crippen MR) is 75.5 cm³/mol. The van der Waals surface area contributed by atoms with Crippen molar-refractivity contribution in [3.63, 3.8) is 0 Å². The molecule has 0 spiro atoms. The quantitative estimate of drug-likeness (QED) is 0.638. The second-order valence-corrected chi connectivity index (χ2v) is 5.26. The minimum absolute atomic E-state index is 0.00192. The van der Waals surface area contributed by atoms with Crippen molar-refractivity contribution in [2.45, 2.75) is 25.1 Å². The molecule has 2 N–H and O–H groups in total. The molecule has 1 aliphatic rings. The van der Waals surface area contributed by atoms with Crippen LogP contribution in [-0.4, -0.2) is 30.7 Å². The largest absolute Gasteiger partial charge is 0.456 e. The van der Waals surface area contributed by atoms with Gasteiger partial charge in [-0.25, -0.2) is 9.59 Å². The van der Waals surface area contributed by atoms with E-state index in [0.717, 1.165) is 0 Å². The Balaban J connectivity index is 2.25. The number of amides is 2. The molecular weight excluding hydrogens is 351 g/mol. The molecule has 5 nitrogen and oxygen atoms in total. The van der Waals surface area contributed by atoms with Gasteiger partial charge in [0, 0.05) is 5.70 Å². The Morgan fingerprint density at radius 2 is 1.76 bits per heavy atom. The topological polar surface area (TPSA) is 67.4 Å². The lowest BCUT2D eigenvalue weighted by atomic mass is 9.96. The fraction of sp³-hybridized carbons (Fsp3) is 0.333. The van der Waals surface area contributed by atoms with Crippen molar-refractivity contribution in [2.75, 3.05) is 6.61 Å². The van der Waals surface area contributed by atoms with Gasteiger partial charge in [0.1, 0.15) is 0 Å². The van der Waals surface area contributed by atoms with E-state index >= 15 is 0 Å². The third kappa shape index (κ3) is 4.06. The second kappa shape index (κ2) is 6.69. The molecule has 0 saturated carbocycles. The molecule has 0 fully saturated rings. The van der Waals surface area contributed by atoms with E-state index in [-0.39, 0.29) is 11.3 Å². The summed E-state index contributed by atoms with van der Waals surface area (Å²) >= 11 is 0. The van der Waals surface area contributed by atoms with Gasteiger partial charge in [0.2, 0.25) is 0 Å². The predicted octanol–water partition coefficient (Wildman–Crippen LogP) is 3.06. The average Bonchev–Trinajstić information content (AvgIpc) is 2.51. The Kier molecular flexibility index (Phi) is 5.00. The van der Waals surface area contributed by atoms with Crippen LogP contribution in [0.4, 0.5) is 26.7 Å². The summed E-state index contributed by atoms with van der Waals surface area (Å²) in [5.41, 5.74) is 0.174. The molecule has 1 heterocycles. The van der Waals surface area contributed by atoms with Crippen molar-refractivity contribution in [2.24, 2.45) is 0 Å². The number of esters is 1. The molecule has 136 valence electrons. The highest BCUT2D eigenvalue weighted by Crippen LogP contribution is 2.36. The highest BCUT2D eigenvalue weighted by atomic mass is 19.4. The number of urea groups is 1. The van der Waals surface area contributed by atoms with Crippen LogP contribution in [0, 0.1) is 0 Å². The van der Waals surface area contributed by atoms with Crippen LogP contribution in [0.25, 0.3) is 0 Å². The molecule has 1 atom stereocenters. The SMILES string of the molecule is CC1=C(C(=O)OCC(F)(F)C(F)(F)F)[C@H](c2ccccc2)NC(=O)N1. The van der Waals surface area contributed by atoms with Crippen LogP contribution in [0.1, 0.15) is 18.5 Å². The first-order valence-electron chi connectivity index (χ1n) is 6.98. The maximum Gasteiger partial charge on any atom is 0.456 e. The van der Waals surface area contributed by atoms with Crippen molar-refractivity contribution in [1.29, 1.82) is 0 Å². The summed E-state index contributed by atoms with van der Waals surface area (Å²) in [6.07, 6.45) is -5.84. The van der Waals surface area contributed by atoms with Crippen LogP contribution < -0.4 is 10.6 Å². The van der Waals surface area contributed by atoms with E-state index in [2.05, 4.69) is 15.4 Å². The van der Waals surface area contributed by atoms with Gasteiger partial charge in [-0.1, -0.05) is 30.3 Å². The Hall–Kier alpha value is -2.65. The standard InChI is InChI=1S/C15H13F5N2O3/c1-8-10(12(23)25-7-14(16,17)15(18,19)20)11(22-13(24)21-8)9-5-3-2-4-6-9/h2-6,11H,7H2,1H3,(H2,21,22,24)/t11-/m0/s1. The summed E-state index contributed by atoms with van der Waals surface area (Å²) in [4.78, 5) is 23.7. The molecule has 0 saturated heterocycles. The maximum absolute atomic E-state index is 12.9. The van der Waals surface area contributed by atoms with Gasteiger partial charge in [0.25, 0.3) is 0 Å². The number of allylic oxidation sites excluding steroid dienone is 1. The molecule has 0 aliphatic carbocycles. The Bertz CT molecular complexity index is 701. The molecule has 25 heavy (non-hydrogen) atoms. The van der Waals surface area contributed by atoms with Gasteiger partial charge in [-0.3, -0.25) is 0 Å². The lowest BCUT2D eigenvalue weighted by Gasteiger charge is -2.28. The van der Waals surface area contributed by atoms with Gasteiger partial charge in [-0.15, -0.1) is 0 Å². The van der Waals surface area contributed by atoms with Crippen molar-refractivity contribution in [3.05, 3.63) is 47.2 Å². The number of halogens is 5. The van der Waals surface area contributed by atoms with Gasteiger partial charge in [-0.05, 0) is 12.5 Å². The van der Waals surface area contributed by atoms with E-state index in [1.807, 2.05) is 0 Å². The van der Waals surface area contributed by atoms with E-state index < -0.39 is 36.7 Å². The summed E-state index contributed by atoms with van der Waals surface area (Å²) < 4.78 is 66.6. The third-order valence-electron chi connectivity index (χ3n) is 3.42. The van der Waals surface area contributed by atoms with Crippen LogP contribution in [0.3, 0.4) is 0 Å². The van der Waals surface area contributed by atoms with E-state index in [1.54, 1.807) is 30.3 Å². The van der Waals surface area contributed by atoms with E-state index in [9.17, 15) is 31.5 Å². The van der Waals surface area contributed by atoms with Gasteiger partial charge >= 0.3 is 24.1 Å². The monoisotopic (exact) mass is 364 g/mol.